The molecule has 0 bridgehead atoms. The van der Waals surface area contributed by atoms with E-state index in [2.05, 4.69) is 20.9 Å². The third-order valence-corrected chi connectivity index (χ3v) is 10.1. The fraction of sp³-hybridized carbons (Fsp3) is 0.0952. The summed E-state index contributed by atoms with van der Waals surface area (Å²) in [5.41, 5.74) is 3.26. The second kappa shape index (κ2) is 18.1. The molecule has 3 N–H and O–H groups in total. The first kappa shape index (κ1) is 38.3. The monoisotopic (exact) mass is 774 g/mol. The van der Waals surface area contributed by atoms with Gasteiger partial charge in [-0.2, -0.15) is 0 Å². The highest BCUT2D eigenvalue weighted by molar-refractivity contribution is 8.00. The van der Waals surface area contributed by atoms with E-state index in [4.69, 9.17) is 14.2 Å². The van der Waals surface area contributed by atoms with Crippen LogP contribution in [-0.4, -0.2) is 44.0 Å². The SMILES string of the molecule is COc1cc(OC)c(OC)cc1/C=C(/NC(=O)c1ccccc1)C(=O)Nc1cccc(SC(C(=O)Nc2nc(-c3ccc(F)cc3)cs2)c2ccccc2)c1. The van der Waals surface area contributed by atoms with Crippen LogP contribution in [0.1, 0.15) is 26.7 Å². The van der Waals surface area contributed by atoms with E-state index in [9.17, 15) is 18.8 Å². The van der Waals surface area contributed by atoms with Gasteiger partial charge in [-0.25, -0.2) is 9.37 Å². The zero-order valence-electron chi connectivity index (χ0n) is 29.9. The predicted octanol–water partition coefficient (Wildman–Crippen LogP) is 8.86. The van der Waals surface area contributed by atoms with Crippen LogP contribution in [0.15, 0.2) is 137 Å². The Morgan fingerprint density at radius 2 is 1.44 bits per heavy atom. The number of amides is 3. The number of nitrogens with one attached hydrogen (secondary N) is 3. The topological polar surface area (TPSA) is 128 Å². The van der Waals surface area contributed by atoms with Crippen molar-refractivity contribution in [2.45, 2.75) is 10.1 Å². The quantitative estimate of drug-likeness (QED) is 0.0740. The normalized spacial score (nSPS) is 11.6. The number of thioether (sulfide) groups is 1. The van der Waals surface area contributed by atoms with Crippen molar-refractivity contribution < 1.29 is 33.0 Å². The Hall–Kier alpha value is -6.44. The zero-order chi connectivity index (χ0) is 38.7. The highest BCUT2D eigenvalue weighted by atomic mass is 32.2. The summed E-state index contributed by atoms with van der Waals surface area (Å²) in [6, 6.07) is 34.1. The first-order chi connectivity index (χ1) is 26.7. The molecule has 6 rings (SSSR count). The molecule has 55 heavy (non-hydrogen) atoms. The van der Waals surface area contributed by atoms with E-state index in [0.717, 1.165) is 11.1 Å². The van der Waals surface area contributed by atoms with Crippen molar-refractivity contribution in [2.24, 2.45) is 0 Å². The first-order valence-corrected chi connectivity index (χ1v) is 18.5. The average molecular weight is 775 g/mol. The standard InChI is InChI=1S/C42H35FN4O6S2/c1-51-35-24-37(53-3)36(52-2)22-29(35)21-33(45-39(48)28-13-8-5-9-14-28)40(49)44-31-15-10-16-32(23-31)55-38(27-11-6-4-7-12-27)41(50)47-42-46-34(25-54-42)26-17-19-30(43)20-18-26/h4-25,38H,1-3H3,(H,44,49)(H,45,48)(H,46,47,50)/b33-21+. The van der Waals surface area contributed by atoms with Gasteiger partial charge in [0, 0.05) is 38.7 Å². The molecule has 0 saturated heterocycles. The molecule has 0 saturated carbocycles. The number of methoxy groups -OCH3 is 3. The molecule has 13 heteroatoms. The minimum atomic E-state index is -0.691. The van der Waals surface area contributed by atoms with E-state index >= 15 is 0 Å². The van der Waals surface area contributed by atoms with Crippen molar-refractivity contribution in [3.05, 3.63) is 155 Å². The number of nitrogens with zero attached hydrogens (tertiary/aromatic N) is 1. The van der Waals surface area contributed by atoms with Crippen LogP contribution in [-0.2, 0) is 9.59 Å². The summed E-state index contributed by atoms with van der Waals surface area (Å²) >= 11 is 2.56. The van der Waals surface area contributed by atoms with Gasteiger partial charge in [-0.05, 0) is 72.3 Å². The number of aromatic nitrogens is 1. The highest BCUT2D eigenvalue weighted by Crippen LogP contribution is 2.38. The van der Waals surface area contributed by atoms with Crippen LogP contribution in [0, 0.1) is 5.82 Å². The lowest BCUT2D eigenvalue weighted by Gasteiger charge is -2.17. The van der Waals surface area contributed by atoms with Gasteiger partial charge in [0.1, 0.15) is 22.5 Å². The fourth-order valence-corrected chi connectivity index (χ4v) is 7.21. The van der Waals surface area contributed by atoms with Gasteiger partial charge in [0.05, 0.1) is 27.0 Å². The third-order valence-electron chi connectivity index (χ3n) is 8.13. The summed E-state index contributed by atoms with van der Waals surface area (Å²) in [7, 11) is 4.47. The van der Waals surface area contributed by atoms with Crippen LogP contribution in [0.4, 0.5) is 15.2 Å². The lowest BCUT2D eigenvalue weighted by molar-refractivity contribution is -0.116. The second-order valence-corrected chi connectivity index (χ2v) is 13.8. The Morgan fingerprint density at radius 1 is 0.764 bits per heavy atom. The molecule has 0 fully saturated rings. The average Bonchev–Trinajstić information content (AvgIpc) is 3.68. The summed E-state index contributed by atoms with van der Waals surface area (Å²) in [5.74, 6) is -0.550. The van der Waals surface area contributed by atoms with E-state index < -0.39 is 17.1 Å². The van der Waals surface area contributed by atoms with Crippen LogP contribution >= 0.6 is 23.1 Å². The maximum Gasteiger partial charge on any atom is 0.272 e. The van der Waals surface area contributed by atoms with Gasteiger partial charge in [-0.1, -0.05) is 54.6 Å². The summed E-state index contributed by atoms with van der Waals surface area (Å²) in [5, 5.41) is 10.1. The smallest absolute Gasteiger partial charge is 0.272 e. The summed E-state index contributed by atoms with van der Waals surface area (Å²) in [4.78, 5) is 46.3. The minimum absolute atomic E-state index is 0.0672. The number of carbonyl (C=O) groups excluding carboxylic acids is 3. The third kappa shape index (κ3) is 9.76. The van der Waals surface area contributed by atoms with Crippen LogP contribution in [0.2, 0.25) is 0 Å². The molecule has 6 aromatic rings. The van der Waals surface area contributed by atoms with Crippen molar-refractivity contribution in [3.63, 3.8) is 0 Å². The number of carbonyl (C=O) groups is 3. The van der Waals surface area contributed by atoms with Crippen molar-refractivity contribution in [2.75, 3.05) is 32.0 Å². The van der Waals surface area contributed by atoms with E-state index in [0.29, 0.717) is 49.8 Å². The van der Waals surface area contributed by atoms with E-state index in [1.807, 2.05) is 36.4 Å². The Kier molecular flexibility index (Phi) is 12.6. The molecule has 1 atom stereocenters. The lowest BCUT2D eigenvalue weighted by atomic mass is 10.1. The molecule has 10 nitrogen and oxygen atoms in total. The molecule has 1 heterocycles. The Balaban J connectivity index is 1.25. The van der Waals surface area contributed by atoms with Crippen LogP contribution in [0.3, 0.4) is 0 Å². The molecule has 1 aromatic heterocycles. The van der Waals surface area contributed by atoms with Gasteiger partial charge in [0.15, 0.2) is 16.6 Å². The van der Waals surface area contributed by atoms with Crippen molar-refractivity contribution in [1.29, 1.82) is 0 Å². The number of anilines is 2. The predicted molar refractivity (Wildman–Crippen MR) is 214 cm³/mol. The zero-order valence-corrected chi connectivity index (χ0v) is 31.5. The molecule has 3 amide bonds. The maximum atomic E-state index is 14.0. The number of hydrogen-bond donors (Lipinski definition) is 3. The molecule has 0 aliphatic heterocycles. The maximum absolute atomic E-state index is 14.0. The lowest BCUT2D eigenvalue weighted by Crippen LogP contribution is -2.30. The second-order valence-electron chi connectivity index (χ2n) is 11.8. The van der Waals surface area contributed by atoms with Gasteiger partial charge in [0.25, 0.3) is 11.8 Å². The number of hydrogen-bond acceptors (Lipinski definition) is 9. The van der Waals surface area contributed by atoms with Crippen LogP contribution in [0.25, 0.3) is 17.3 Å². The van der Waals surface area contributed by atoms with Crippen molar-refractivity contribution in [1.82, 2.24) is 10.3 Å². The molecule has 0 radical (unpaired) electrons. The Morgan fingerprint density at radius 3 is 2.13 bits per heavy atom. The van der Waals surface area contributed by atoms with E-state index in [1.165, 1.54) is 62.6 Å². The van der Waals surface area contributed by atoms with E-state index in [-0.39, 0.29) is 17.4 Å². The van der Waals surface area contributed by atoms with Crippen LogP contribution < -0.4 is 30.2 Å². The largest absolute Gasteiger partial charge is 0.496 e. The summed E-state index contributed by atoms with van der Waals surface area (Å²) < 4.78 is 29.9. The van der Waals surface area contributed by atoms with Crippen LogP contribution in [0.5, 0.6) is 17.2 Å². The highest BCUT2D eigenvalue weighted by Gasteiger charge is 2.24. The molecule has 278 valence electrons. The number of rotatable bonds is 14. The number of halogens is 1. The Bertz CT molecular complexity index is 2320. The molecular weight excluding hydrogens is 740 g/mol. The molecular formula is C42H35FN4O6S2. The van der Waals surface area contributed by atoms with Gasteiger partial charge in [-0.3, -0.25) is 14.4 Å². The molecule has 0 aliphatic carbocycles. The summed E-state index contributed by atoms with van der Waals surface area (Å²) in [6.45, 7) is 0. The van der Waals surface area contributed by atoms with E-state index in [1.54, 1.807) is 78.2 Å². The van der Waals surface area contributed by atoms with Gasteiger partial charge >= 0.3 is 0 Å². The number of ether oxygens (including phenoxy) is 3. The molecule has 0 aliphatic rings. The number of benzene rings is 5. The van der Waals surface area contributed by atoms with Gasteiger partial charge < -0.3 is 30.2 Å². The molecule has 5 aromatic carbocycles. The van der Waals surface area contributed by atoms with Crippen molar-refractivity contribution in [3.8, 4) is 28.5 Å². The van der Waals surface area contributed by atoms with Gasteiger partial charge in [0.2, 0.25) is 5.91 Å². The molecule has 1 unspecified atom stereocenters. The molecule has 0 spiro atoms. The summed E-state index contributed by atoms with van der Waals surface area (Å²) in [6.07, 6.45) is 1.49. The fourth-order valence-electron chi connectivity index (χ4n) is 5.40. The minimum Gasteiger partial charge on any atom is -0.496 e. The Labute approximate surface area is 325 Å². The number of thiazole rings is 1. The van der Waals surface area contributed by atoms with Crippen molar-refractivity contribution >= 4 is 57.7 Å². The first-order valence-electron chi connectivity index (χ1n) is 16.8. The van der Waals surface area contributed by atoms with Gasteiger partial charge in [-0.15, -0.1) is 23.1 Å².